The van der Waals surface area contributed by atoms with Crippen LogP contribution in [0, 0.1) is 5.82 Å². The molecule has 0 amide bonds. The van der Waals surface area contributed by atoms with Gasteiger partial charge < -0.3 is 10.2 Å². The third kappa shape index (κ3) is 2.64. The lowest BCUT2D eigenvalue weighted by atomic mass is 9.98. The molecule has 23 heavy (non-hydrogen) atoms. The van der Waals surface area contributed by atoms with Crippen molar-refractivity contribution in [2.75, 3.05) is 0 Å². The molecule has 0 aliphatic carbocycles. The van der Waals surface area contributed by atoms with Crippen molar-refractivity contribution in [2.24, 2.45) is 0 Å². The van der Waals surface area contributed by atoms with E-state index in [0.29, 0.717) is 21.3 Å². The maximum atomic E-state index is 13.1. The number of thiophene rings is 1. The van der Waals surface area contributed by atoms with Gasteiger partial charge in [-0.1, -0.05) is 12.1 Å². The standard InChI is InChI=1S/C15H9FN2O4S/c16-8-3-1-7(2-4-8)9-5-23-13-10(9)12(17-6-18-13)11(14(19)20)15(21)22/h1-6,11H,(H,19,20)(H,21,22). The molecule has 116 valence electrons. The number of fused-ring (bicyclic) bond motifs is 1. The third-order valence-corrected chi connectivity index (χ3v) is 4.21. The van der Waals surface area contributed by atoms with Gasteiger partial charge in [0.2, 0.25) is 0 Å². The van der Waals surface area contributed by atoms with Gasteiger partial charge in [0.15, 0.2) is 5.92 Å². The molecule has 3 rings (SSSR count). The molecule has 0 aliphatic heterocycles. The molecular weight excluding hydrogens is 323 g/mol. The first-order valence-corrected chi connectivity index (χ1v) is 7.30. The summed E-state index contributed by atoms with van der Waals surface area (Å²) in [6.45, 7) is 0. The topological polar surface area (TPSA) is 100 Å². The van der Waals surface area contributed by atoms with Gasteiger partial charge in [0, 0.05) is 16.3 Å². The lowest BCUT2D eigenvalue weighted by Crippen LogP contribution is -2.22. The fourth-order valence-corrected chi connectivity index (χ4v) is 3.22. The number of rotatable bonds is 4. The summed E-state index contributed by atoms with van der Waals surface area (Å²) in [5, 5.41) is 20.5. The molecule has 3 aromatic rings. The van der Waals surface area contributed by atoms with E-state index in [1.165, 1.54) is 35.6 Å². The molecule has 1 aromatic carbocycles. The zero-order valence-corrected chi connectivity index (χ0v) is 12.2. The van der Waals surface area contributed by atoms with Crippen LogP contribution in [0.5, 0.6) is 0 Å². The van der Waals surface area contributed by atoms with E-state index in [4.69, 9.17) is 0 Å². The second-order valence-corrected chi connectivity index (χ2v) is 5.56. The number of aliphatic carboxylic acids is 2. The smallest absolute Gasteiger partial charge is 0.324 e. The van der Waals surface area contributed by atoms with E-state index in [0.717, 1.165) is 6.33 Å². The minimum absolute atomic E-state index is 0.0874. The third-order valence-electron chi connectivity index (χ3n) is 3.32. The van der Waals surface area contributed by atoms with Crippen molar-refractivity contribution >= 4 is 33.5 Å². The zero-order valence-electron chi connectivity index (χ0n) is 11.4. The zero-order chi connectivity index (χ0) is 16.6. The minimum atomic E-state index is -1.80. The van der Waals surface area contributed by atoms with E-state index >= 15 is 0 Å². The van der Waals surface area contributed by atoms with E-state index < -0.39 is 23.7 Å². The first-order valence-electron chi connectivity index (χ1n) is 6.42. The predicted molar refractivity (Wildman–Crippen MR) is 80.8 cm³/mol. The SMILES string of the molecule is O=C(O)C(C(=O)O)c1ncnc2scc(-c3ccc(F)cc3)c12. The van der Waals surface area contributed by atoms with Crippen LogP contribution in [0.4, 0.5) is 4.39 Å². The quantitative estimate of drug-likeness (QED) is 0.713. The van der Waals surface area contributed by atoms with Crippen molar-refractivity contribution in [1.29, 1.82) is 0 Å². The number of aromatic nitrogens is 2. The maximum absolute atomic E-state index is 13.1. The summed E-state index contributed by atoms with van der Waals surface area (Å²) < 4.78 is 13.1. The number of benzene rings is 1. The Bertz CT molecular complexity index is 893. The van der Waals surface area contributed by atoms with E-state index in [1.807, 2.05) is 0 Å². The van der Waals surface area contributed by atoms with Gasteiger partial charge in [-0.2, -0.15) is 0 Å². The fourth-order valence-electron chi connectivity index (χ4n) is 2.30. The first kappa shape index (κ1) is 15.0. The first-order chi connectivity index (χ1) is 11.0. The lowest BCUT2D eigenvalue weighted by Gasteiger charge is -2.09. The molecule has 2 heterocycles. The summed E-state index contributed by atoms with van der Waals surface area (Å²) in [5.41, 5.74) is 1.12. The molecular formula is C15H9FN2O4S. The number of carboxylic acids is 2. The Hall–Kier alpha value is -2.87. The minimum Gasteiger partial charge on any atom is -0.480 e. The Morgan fingerprint density at radius 1 is 1.09 bits per heavy atom. The second-order valence-electron chi connectivity index (χ2n) is 4.70. The Balaban J connectivity index is 2.28. The van der Waals surface area contributed by atoms with E-state index in [-0.39, 0.29) is 5.69 Å². The van der Waals surface area contributed by atoms with Gasteiger partial charge >= 0.3 is 11.9 Å². The number of carbonyl (C=O) groups is 2. The van der Waals surface area contributed by atoms with Crippen molar-refractivity contribution in [3.63, 3.8) is 0 Å². The van der Waals surface area contributed by atoms with Crippen molar-refractivity contribution in [1.82, 2.24) is 9.97 Å². The van der Waals surface area contributed by atoms with Crippen LogP contribution in [0.1, 0.15) is 11.6 Å². The Morgan fingerprint density at radius 3 is 2.35 bits per heavy atom. The number of nitrogens with zero attached hydrogens (tertiary/aromatic N) is 2. The van der Waals surface area contributed by atoms with Gasteiger partial charge in [-0.25, -0.2) is 14.4 Å². The highest BCUT2D eigenvalue weighted by molar-refractivity contribution is 7.17. The van der Waals surface area contributed by atoms with Crippen molar-refractivity contribution in [3.8, 4) is 11.1 Å². The van der Waals surface area contributed by atoms with E-state index in [2.05, 4.69) is 9.97 Å². The van der Waals surface area contributed by atoms with Crippen molar-refractivity contribution in [2.45, 2.75) is 5.92 Å². The van der Waals surface area contributed by atoms with Crippen molar-refractivity contribution < 1.29 is 24.2 Å². The Labute approximate surface area is 132 Å². The molecule has 0 unspecified atom stereocenters. The Morgan fingerprint density at radius 2 is 1.74 bits per heavy atom. The lowest BCUT2D eigenvalue weighted by molar-refractivity contribution is -0.150. The molecule has 0 saturated carbocycles. The summed E-state index contributed by atoms with van der Waals surface area (Å²) in [6.07, 6.45) is 1.14. The molecule has 0 saturated heterocycles. The molecule has 0 aliphatic rings. The van der Waals surface area contributed by atoms with Crippen LogP contribution in [0.15, 0.2) is 36.0 Å². The van der Waals surface area contributed by atoms with Gasteiger partial charge in [0.1, 0.15) is 17.0 Å². The molecule has 6 nitrogen and oxygen atoms in total. The molecule has 0 atom stereocenters. The van der Waals surface area contributed by atoms with E-state index in [9.17, 15) is 24.2 Å². The van der Waals surface area contributed by atoms with Gasteiger partial charge in [-0.15, -0.1) is 11.3 Å². The van der Waals surface area contributed by atoms with Crippen LogP contribution in [-0.2, 0) is 9.59 Å². The molecule has 0 bridgehead atoms. The van der Waals surface area contributed by atoms with Crippen LogP contribution in [0.25, 0.3) is 21.3 Å². The number of hydrogen-bond acceptors (Lipinski definition) is 5. The maximum Gasteiger partial charge on any atom is 0.324 e. The summed E-state index contributed by atoms with van der Waals surface area (Å²) in [7, 11) is 0. The molecule has 2 N–H and O–H groups in total. The summed E-state index contributed by atoms with van der Waals surface area (Å²) >= 11 is 1.24. The molecule has 0 spiro atoms. The normalized spacial score (nSPS) is 11.0. The van der Waals surface area contributed by atoms with Gasteiger partial charge in [0.25, 0.3) is 0 Å². The molecule has 8 heteroatoms. The number of halogens is 1. The molecule has 2 aromatic heterocycles. The molecule has 0 fully saturated rings. The summed E-state index contributed by atoms with van der Waals surface area (Å²) in [6, 6.07) is 5.61. The van der Waals surface area contributed by atoms with Gasteiger partial charge in [0.05, 0.1) is 5.69 Å². The average molecular weight is 332 g/mol. The average Bonchev–Trinajstić information content (AvgIpc) is 2.92. The van der Waals surface area contributed by atoms with Gasteiger partial charge in [-0.05, 0) is 17.7 Å². The van der Waals surface area contributed by atoms with Crippen LogP contribution in [0.3, 0.4) is 0 Å². The van der Waals surface area contributed by atoms with Crippen LogP contribution in [-0.4, -0.2) is 32.1 Å². The van der Waals surface area contributed by atoms with Crippen LogP contribution in [0.2, 0.25) is 0 Å². The van der Waals surface area contributed by atoms with Crippen LogP contribution >= 0.6 is 11.3 Å². The van der Waals surface area contributed by atoms with Crippen LogP contribution < -0.4 is 0 Å². The Kier molecular flexibility index (Phi) is 3.75. The summed E-state index contributed by atoms with van der Waals surface area (Å²) in [5.74, 6) is -5.21. The summed E-state index contributed by atoms with van der Waals surface area (Å²) in [4.78, 5) is 31.0. The highest BCUT2D eigenvalue weighted by atomic mass is 32.1. The largest absolute Gasteiger partial charge is 0.480 e. The highest BCUT2D eigenvalue weighted by Gasteiger charge is 2.32. The monoisotopic (exact) mass is 332 g/mol. The van der Waals surface area contributed by atoms with E-state index in [1.54, 1.807) is 5.38 Å². The fraction of sp³-hybridized carbons (Fsp3) is 0.0667. The van der Waals surface area contributed by atoms with Crippen molar-refractivity contribution in [3.05, 3.63) is 47.5 Å². The number of carboxylic acid groups (broad SMARTS) is 2. The molecule has 0 radical (unpaired) electrons. The number of hydrogen-bond donors (Lipinski definition) is 2. The second kappa shape index (κ2) is 5.73. The highest BCUT2D eigenvalue weighted by Crippen LogP contribution is 2.37. The predicted octanol–water partition coefficient (Wildman–Crippen LogP) is 2.75. The van der Waals surface area contributed by atoms with Gasteiger partial charge in [-0.3, -0.25) is 9.59 Å².